The fourth-order valence-corrected chi connectivity index (χ4v) is 1.60. The van der Waals surface area contributed by atoms with Gasteiger partial charge >= 0.3 is 5.97 Å². The van der Waals surface area contributed by atoms with Gasteiger partial charge in [0.15, 0.2) is 0 Å². The van der Waals surface area contributed by atoms with Crippen molar-refractivity contribution in [1.82, 2.24) is 5.32 Å². The molecule has 0 saturated carbocycles. The van der Waals surface area contributed by atoms with E-state index >= 15 is 0 Å². The number of hydrogen-bond donors (Lipinski definition) is 2. The Morgan fingerprint density at radius 2 is 2.16 bits per heavy atom. The van der Waals surface area contributed by atoms with Crippen molar-refractivity contribution in [2.24, 2.45) is 5.92 Å². The fraction of sp³-hybridized carbons (Fsp3) is 0.385. The van der Waals surface area contributed by atoms with E-state index in [0.29, 0.717) is 11.3 Å². The van der Waals surface area contributed by atoms with Gasteiger partial charge in [0, 0.05) is 18.0 Å². The van der Waals surface area contributed by atoms with Crippen LogP contribution < -0.4 is 10.1 Å². The van der Waals surface area contributed by atoms with Gasteiger partial charge in [-0.3, -0.25) is 9.59 Å². The molecule has 0 heterocycles. The van der Waals surface area contributed by atoms with Crippen molar-refractivity contribution in [3.05, 3.63) is 29.6 Å². The Hall–Kier alpha value is -2.11. The van der Waals surface area contributed by atoms with Gasteiger partial charge < -0.3 is 15.2 Å². The first-order valence-electron chi connectivity index (χ1n) is 5.76. The summed E-state index contributed by atoms with van der Waals surface area (Å²) in [6.45, 7) is 1.61. The van der Waals surface area contributed by atoms with Gasteiger partial charge in [-0.25, -0.2) is 4.39 Å². The zero-order valence-electron chi connectivity index (χ0n) is 10.8. The van der Waals surface area contributed by atoms with E-state index in [1.165, 1.54) is 32.2 Å². The van der Waals surface area contributed by atoms with Gasteiger partial charge in [0.2, 0.25) is 5.91 Å². The third-order valence-electron chi connectivity index (χ3n) is 2.62. The quantitative estimate of drug-likeness (QED) is 0.821. The largest absolute Gasteiger partial charge is 0.496 e. The lowest BCUT2D eigenvalue weighted by atomic mass is 10.1. The Bertz CT molecular complexity index is 476. The normalized spacial score (nSPS) is 11.7. The second kappa shape index (κ2) is 6.72. The first-order valence-corrected chi connectivity index (χ1v) is 5.76. The molecule has 0 aliphatic carbocycles. The van der Waals surface area contributed by atoms with E-state index in [1.54, 1.807) is 0 Å². The highest BCUT2D eigenvalue weighted by molar-refractivity contribution is 5.82. The number of carbonyl (C=O) groups is 2. The van der Waals surface area contributed by atoms with E-state index in [0.717, 1.165) is 0 Å². The molecule has 19 heavy (non-hydrogen) atoms. The van der Waals surface area contributed by atoms with Crippen LogP contribution in [-0.4, -0.2) is 24.1 Å². The molecule has 0 aliphatic rings. The molecule has 1 rings (SSSR count). The molecule has 104 valence electrons. The van der Waals surface area contributed by atoms with Crippen LogP contribution in [0.1, 0.15) is 18.9 Å². The molecule has 0 bridgehead atoms. The zero-order chi connectivity index (χ0) is 14.4. The van der Waals surface area contributed by atoms with Crippen molar-refractivity contribution in [2.45, 2.75) is 19.9 Å². The van der Waals surface area contributed by atoms with Gasteiger partial charge in [-0.1, -0.05) is 6.92 Å². The number of methoxy groups -OCH3 is 1. The monoisotopic (exact) mass is 269 g/mol. The summed E-state index contributed by atoms with van der Waals surface area (Å²) in [6, 6.07) is 4.00. The maximum atomic E-state index is 13.1. The number of aliphatic carboxylic acids is 1. The predicted molar refractivity (Wildman–Crippen MR) is 66.2 cm³/mol. The number of hydrogen-bond acceptors (Lipinski definition) is 3. The van der Waals surface area contributed by atoms with Gasteiger partial charge in [-0.2, -0.15) is 0 Å². The van der Waals surface area contributed by atoms with Crippen LogP contribution in [0.25, 0.3) is 0 Å². The van der Waals surface area contributed by atoms with Gasteiger partial charge in [0.1, 0.15) is 11.6 Å². The first-order chi connectivity index (χ1) is 8.93. The highest BCUT2D eigenvalue weighted by Crippen LogP contribution is 2.19. The Morgan fingerprint density at radius 1 is 1.47 bits per heavy atom. The van der Waals surface area contributed by atoms with Crippen LogP contribution in [0, 0.1) is 11.7 Å². The number of carboxylic acids is 1. The van der Waals surface area contributed by atoms with Gasteiger partial charge in [-0.05, 0) is 18.2 Å². The topological polar surface area (TPSA) is 75.6 Å². The molecule has 6 heteroatoms. The molecular formula is C13H16FNO4. The summed E-state index contributed by atoms with van der Waals surface area (Å²) in [6.07, 6.45) is -0.244. The Morgan fingerprint density at radius 3 is 2.74 bits per heavy atom. The minimum atomic E-state index is -1.04. The lowest BCUT2D eigenvalue weighted by molar-refractivity contribution is -0.140. The maximum absolute atomic E-state index is 13.1. The maximum Gasteiger partial charge on any atom is 0.304 e. The van der Waals surface area contributed by atoms with Crippen LogP contribution in [0.4, 0.5) is 4.39 Å². The molecule has 0 saturated heterocycles. The highest BCUT2D eigenvalue weighted by atomic mass is 19.1. The van der Waals surface area contributed by atoms with E-state index in [1.807, 2.05) is 0 Å². The second-order valence-electron chi connectivity index (χ2n) is 4.17. The number of amides is 1. The minimum Gasteiger partial charge on any atom is -0.496 e. The number of nitrogens with one attached hydrogen (secondary N) is 1. The van der Waals surface area contributed by atoms with Crippen LogP contribution in [-0.2, 0) is 16.1 Å². The van der Waals surface area contributed by atoms with Crippen molar-refractivity contribution in [1.29, 1.82) is 0 Å². The molecule has 0 aromatic heterocycles. The molecule has 0 fully saturated rings. The van der Waals surface area contributed by atoms with Gasteiger partial charge in [0.25, 0.3) is 0 Å². The van der Waals surface area contributed by atoms with Crippen LogP contribution in [0.3, 0.4) is 0 Å². The van der Waals surface area contributed by atoms with Gasteiger partial charge in [0.05, 0.1) is 13.5 Å². The third-order valence-corrected chi connectivity index (χ3v) is 2.62. The molecule has 2 N–H and O–H groups in total. The summed E-state index contributed by atoms with van der Waals surface area (Å²) in [5, 5.41) is 11.1. The molecule has 1 unspecified atom stereocenters. The van der Waals surface area contributed by atoms with Gasteiger partial charge in [-0.15, -0.1) is 0 Å². The summed E-state index contributed by atoms with van der Waals surface area (Å²) >= 11 is 0. The van der Waals surface area contributed by atoms with Crippen molar-refractivity contribution < 1.29 is 23.8 Å². The average molecular weight is 269 g/mol. The number of carbonyl (C=O) groups excluding carboxylic acids is 1. The zero-order valence-corrected chi connectivity index (χ0v) is 10.8. The van der Waals surface area contributed by atoms with Crippen molar-refractivity contribution in [3.8, 4) is 5.75 Å². The van der Waals surface area contributed by atoms with Crippen LogP contribution in [0.2, 0.25) is 0 Å². The number of rotatable bonds is 6. The smallest absolute Gasteiger partial charge is 0.304 e. The number of benzene rings is 1. The Labute approximate surface area is 110 Å². The third kappa shape index (κ3) is 4.57. The van der Waals surface area contributed by atoms with Crippen LogP contribution in [0.15, 0.2) is 18.2 Å². The Balaban J connectivity index is 2.63. The Kier molecular flexibility index (Phi) is 5.29. The number of ether oxygens (including phenoxy) is 1. The minimum absolute atomic E-state index is 0.0870. The van der Waals surface area contributed by atoms with E-state index < -0.39 is 23.6 Å². The predicted octanol–water partition coefficient (Wildman–Crippen LogP) is 1.56. The summed E-state index contributed by atoms with van der Waals surface area (Å²) in [7, 11) is 1.45. The molecule has 0 radical (unpaired) electrons. The molecule has 1 aromatic carbocycles. The fourth-order valence-electron chi connectivity index (χ4n) is 1.60. The summed E-state index contributed by atoms with van der Waals surface area (Å²) in [4.78, 5) is 22.1. The molecule has 1 amide bonds. The standard InChI is InChI=1S/C13H16FNO4/c1-8(5-12(16)17)13(18)15-7-9-6-10(14)3-4-11(9)19-2/h3-4,6,8H,5,7H2,1-2H3,(H,15,18)(H,16,17). The van der Waals surface area contributed by atoms with E-state index in [9.17, 15) is 14.0 Å². The van der Waals surface area contributed by atoms with Crippen LogP contribution in [0.5, 0.6) is 5.75 Å². The molecule has 0 aliphatic heterocycles. The van der Waals surface area contributed by atoms with Crippen molar-refractivity contribution >= 4 is 11.9 Å². The first kappa shape index (κ1) is 14.9. The van der Waals surface area contributed by atoms with Crippen molar-refractivity contribution in [3.63, 3.8) is 0 Å². The number of carboxylic acid groups (broad SMARTS) is 1. The van der Waals surface area contributed by atoms with E-state index in [2.05, 4.69) is 5.32 Å². The number of halogens is 1. The van der Waals surface area contributed by atoms with Crippen molar-refractivity contribution in [2.75, 3.05) is 7.11 Å². The molecule has 5 nitrogen and oxygen atoms in total. The lowest BCUT2D eigenvalue weighted by Crippen LogP contribution is -2.30. The lowest BCUT2D eigenvalue weighted by Gasteiger charge is -2.12. The van der Waals surface area contributed by atoms with E-state index in [4.69, 9.17) is 9.84 Å². The van der Waals surface area contributed by atoms with E-state index in [-0.39, 0.29) is 13.0 Å². The molecular weight excluding hydrogens is 253 g/mol. The van der Waals surface area contributed by atoms with Crippen LogP contribution >= 0.6 is 0 Å². The summed E-state index contributed by atoms with van der Waals surface area (Å²) in [5.41, 5.74) is 0.498. The summed E-state index contributed by atoms with van der Waals surface area (Å²) in [5.74, 6) is -2.03. The summed E-state index contributed by atoms with van der Waals surface area (Å²) < 4.78 is 18.1. The molecule has 1 aromatic rings. The second-order valence-corrected chi connectivity index (χ2v) is 4.17. The SMILES string of the molecule is COc1ccc(F)cc1CNC(=O)C(C)CC(=O)O. The average Bonchev–Trinajstić information content (AvgIpc) is 2.35. The highest BCUT2D eigenvalue weighted by Gasteiger charge is 2.16. The molecule has 0 spiro atoms. The molecule has 1 atom stereocenters.